The average molecular weight is 375 g/mol. The number of nitrogens with zero attached hydrogens (tertiary/aromatic N) is 4. The Morgan fingerprint density at radius 1 is 1.12 bits per heavy atom. The van der Waals surface area contributed by atoms with Crippen LogP contribution in [-0.4, -0.2) is 69.5 Å². The molecule has 1 aromatic heterocycles. The Morgan fingerprint density at radius 3 is 2.15 bits per heavy atom. The van der Waals surface area contributed by atoms with Crippen molar-refractivity contribution >= 4 is 17.7 Å². The zero-order valence-electron chi connectivity index (χ0n) is 14.6. The van der Waals surface area contributed by atoms with Crippen LogP contribution in [-0.2, 0) is 22.8 Å². The summed E-state index contributed by atoms with van der Waals surface area (Å²) in [5.41, 5.74) is -1.77. The summed E-state index contributed by atoms with van der Waals surface area (Å²) >= 11 is 0. The molecule has 26 heavy (non-hydrogen) atoms. The molecule has 1 aromatic rings. The van der Waals surface area contributed by atoms with E-state index in [1.54, 1.807) is 13.8 Å². The van der Waals surface area contributed by atoms with Crippen molar-refractivity contribution in [2.24, 2.45) is 7.05 Å². The average Bonchev–Trinajstić information content (AvgIpc) is 2.95. The van der Waals surface area contributed by atoms with Gasteiger partial charge in [0.05, 0.1) is 5.56 Å². The number of nitrogens with one attached hydrogen (secondary N) is 1. The van der Waals surface area contributed by atoms with E-state index < -0.39 is 35.2 Å². The van der Waals surface area contributed by atoms with Crippen LogP contribution in [0.15, 0.2) is 6.20 Å². The highest BCUT2D eigenvalue weighted by molar-refractivity contribution is 6.35. The number of carbonyl (C=O) groups excluding carboxylic acids is 3. The second-order valence-corrected chi connectivity index (χ2v) is 6.28. The number of aryl methyl sites for hydroxylation is 1. The number of hydrogen-bond acceptors (Lipinski definition) is 4. The Labute approximate surface area is 147 Å². The van der Waals surface area contributed by atoms with Crippen LogP contribution in [0.3, 0.4) is 0 Å². The standard InChI is InChI=1S/C15H20F3N5O3/c1-9(2)19-12(24)14(26)23-6-4-22(5-7-23)13(25)10-8-21(3)20-11(10)15(16,17)18/h8-9H,4-7H2,1-3H3,(H,19,24). The maximum absolute atomic E-state index is 13.0. The van der Waals surface area contributed by atoms with Crippen LogP contribution in [0.1, 0.15) is 29.9 Å². The van der Waals surface area contributed by atoms with Crippen molar-refractivity contribution in [2.45, 2.75) is 26.1 Å². The second kappa shape index (κ2) is 7.34. The summed E-state index contributed by atoms with van der Waals surface area (Å²) in [6.45, 7) is 3.63. The maximum Gasteiger partial charge on any atom is 0.435 e. The molecule has 1 fully saturated rings. The Balaban J connectivity index is 2.03. The van der Waals surface area contributed by atoms with Gasteiger partial charge in [-0.25, -0.2) is 0 Å². The Kier molecular flexibility index (Phi) is 5.57. The van der Waals surface area contributed by atoms with E-state index in [-0.39, 0.29) is 32.2 Å². The van der Waals surface area contributed by atoms with Gasteiger partial charge in [-0.1, -0.05) is 0 Å². The molecule has 8 nitrogen and oxygen atoms in total. The predicted molar refractivity (Wildman–Crippen MR) is 84.0 cm³/mol. The molecule has 2 rings (SSSR count). The minimum absolute atomic E-state index is 0.0335. The van der Waals surface area contributed by atoms with Crippen molar-refractivity contribution in [3.63, 3.8) is 0 Å². The fourth-order valence-electron chi connectivity index (χ4n) is 2.60. The van der Waals surface area contributed by atoms with E-state index >= 15 is 0 Å². The molecular formula is C15H20F3N5O3. The molecule has 0 bridgehead atoms. The van der Waals surface area contributed by atoms with Gasteiger partial charge in [0.15, 0.2) is 5.69 Å². The monoisotopic (exact) mass is 375 g/mol. The smallest absolute Gasteiger partial charge is 0.346 e. The first-order valence-electron chi connectivity index (χ1n) is 8.00. The highest BCUT2D eigenvalue weighted by atomic mass is 19.4. The van der Waals surface area contributed by atoms with E-state index in [0.717, 1.165) is 10.9 Å². The van der Waals surface area contributed by atoms with Gasteiger partial charge >= 0.3 is 18.0 Å². The van der Waals surface area contributed by atoms with E-state index in [1.165, 1.54) is 16.8 Å². The lowest BCUT2D eigenvalue weighted by molar-refractivity contribution is -0.147. The minimum atomic E-state index is -4.74. The van der Waals surface area contributed by atoms with Crippen LogP contribution in [0, 0.1) is 0 Å². The third-order valence-electron chi connectivity index (χ3n) is 3.80. The van der Waals surface area contributed by atoms with Gasteiger partial charge < -0.3 is 15.1 Å². The first-order valence-corrected chi connectivity index (χ1v) is 8.00. The molecule has 1 aliphatic heterocycles. The summed E-state index contributed by atoms with van der Waals surface area (Å²) in [5.74, 6) is -2.27. The van der Waals surface area contributed by atoms with Crippen molar-refractivity contribution in [1.82, 2.24) is 24.9 Å². The summed E-state index contributed by atoms with van der Waals surface area (Å²) in [6, 6.07) is -0.194. The fourth-order valence-corrected chi connectivity index (χ4v) is 2.60. The van der Waals surface area contributed by atoms with Crippen molar-refractivity contribution in [1.29, 1.82) is 0 Å². The summed E-state index contributed by atoms with van der Waals surface area (Å²) in [4.78, 5) is 38.7. The fraction of sp³-hybridized carbons (Fsp3) is 0.600. The molecule has 3 amide bonds. The number of amides is 3. The van der Waals surface area contributed by atoms with Crippen molar-refractivity contribution in [3.05, 3.63) is 17.5 Å². The van der Waals surface area contributed by atoms with E-state index in [9.17, 15) is 27.6 Å². The maximum atomic E-state index is 13.0. The second-order valence-electron chi connectivity index (χ2n) is 6.28. The lowest BCUT2D eigenvalue weighted by atomic mass is 10.2. The molecule has 0 saturated carbocycles. The number of aromatic nitrogens is 2. The van der Waals surface area contributed by atoms with Crippen LogP contribution in [0.25, 0.3) is 0 Å². The van der Waals surface area contributed by atoms with Gasteiger partial charge in [0.2, 0.25) is 0 Å². The van der Waals surface area contributed by atoms with Gasteiger partial charge in [0.25, 0.3) is 5.91 Å². The summed E-state index contributed by atoms with van der Waals surface area (Å²) in [6.07, 6.45) is -3.71. The SMILES string of the molecule is CC(C)NC(=O)C(=O)N1CCN(C(=O)c2cn(C)nc2C(F)(F)F)CC1. The minimum Gasteiger partial charge on any atom is -0.346 e. The zero-order valence-corrected chi connectivity index (χ0v) is 14.6. The van der Waals surface area contributed by atoms with Gasteiger partial charge in [-0.15, -0.1) is 0 Å². The lowest BCUT2D eigenvalue weighted by Gasteiger charge is -2.34. The van der Waals surface area contributed by atoms with E-state index in [4.69, 9.17) is 0 Å². The van der Waals surface area contributed by atoms with Gasteiger partial charge in [-0.05, 0) is 13.8 Å². The molecule has 0 atom stereocenters. The number of piperazine rings is 1. The third-order valence-corrected chi connectivity index (χ3v) is 3.80. The summed E-state index contributed by atoms with van der Waals surface area (Å²) in [7, 11) is 1.30. The molecule has 1 saturated heterocycles. The van der Waals surface area contributed by atoms with Gasteiger partial charge in [-0.3, -0.25) is 19.1 Å². The van der Waals surface area contributed by atoms with Crippen LogP contribution < -0.4 is 5.32 Å². The van der Waals surface area contributed by atoms with Gasteiger partial charge in [-0.2, -0.15) is 18.3 Å². The Hall–Kier alpha value is -2.59. The highest BCUT2D eigenvalue weighted by Gasteiger charge is 2.40. The van der Waals surface area contributed by atoms with E-state index in [1.807, 2.05) is 0 Å². The molecule has 144 valence electrons. The first kappa shape index (κ1) is 19.7. The highest BCUT2D eigenvalue weighted by Crippen LogP contribution is 2.31. The zero-order chi connectivity index (χ0) is 19.6. The molecule has 0 radical (unpaired) electrons. The van der Waals surface area contributed by atoms with Crippen LogP contribution in [0.4, 0.5) is 13.2 Å². The number of alkyl halides is 3. The summed E-state index contributed by atoms with van der Waals surface area (Å²) in [5, 5.41) is 5.80. The molecule has 11 heteroatoms. The number of hydrogen-bond donors (Lipinski definition) is 1. The number of halogens is 3. The van der Waals surface area contributed by atoms with E-state index in [2.05, 4.69) is 10.4 Å². The quantitative estimate of drug-likeness (QED) is 0.751. The number of carbonyl (C=O) groups is 3. The largest absolute Gasteiger partial charge is 0.435 e. The van der Waals surface area contributed by atoms with Crippen molar-refractivity contribution in [3.8, 4) is 0 Å². The van der Waals surface area contributed by atoms with Gasteiger partial charge in [0, 0.05) is 45.5 Å². The number of rotatable bonds is 2. The Morgan fingerprint density at radius 2 is 1.65 bits per heavy atom. The first-order chi connectivity index (χ1) is 12.0. The summed E-state index contributed by atoms with van der Waals surface area (Å²) < 4.78 is 40.0. The molecule has 1 aliphatic rings. The molecule has 0 aliphatic carbocycles. The van der Waals surface area contributed by atoms with Gasteiger partial charge in [0.1, 0.15) is 0 Å². The third kappa shape index (κ3) is 4.33. The normalized spacial score (nSPS) is 15.3. The van der Waals surface area contributed by atoms with Crippen molar-refractivity contribution < 1.29 is 27.6 Å². The molecule has 0 aromatic carbocycles. The molecular weight excluding hydrogens is 355 g/mol. The molecule has 1 N–H and O–H groups in total. The Bertz CT molecular complexity index is 706. The van der Waals surface area contributed by atoms with E-state index in [0.29, 0.717) is 0 Å². The van der Waals surface area contributed by atoms with Crippen LogP contribution in [0.2, 0.25) is 0 Å². The van der Waals surface area contributed by atoms with Crippen LogP contribution >= 0.6 is 0 Å². The molecule has 2 heterocycles. The predicted octanol–water partition coefficient (Wildman–Crippen LogP) is 0.248. The topological polar surface area (TPSA) is 87.5 Å². The molecule has 0 spiro atoms. The van der Waals surface area contributed by atoms with Crippen LogP contribution in [0.5, 0.6) is 0 Å². The molecule has 0 unspecified atom stereocenters. The van der Waals surface area contributed by atoms with Crippen molar-refractivity contribution in [2.75, 3.05) is 26.2 Å². The lowest BCUT2D eigenvalue weighted by Crippen LogP contribution is -2.54.